The molecule has 0 fully saturated rings. The van der Waals surface area contributed by atoms with Crippen LogP contribution in [0.15, 0.2) is 53.7 Å². The number of hydrogen-bond donors (Lipinski definition) is 0. The topological polar surface area (TPSA) is 21.6 Å². The molecule has 0 amide bonds. The van der Waals surface area contributed by atoms with E-state index in [4.69, 9.17) is 4.84 Å². The Balaban J connectivity index is 1.92. The van der Waals surface area contributed by atoms with Gasteiger partial charge < -0.3 is 4.84 Å². The van der Waals surface area contributed by atoms with E-state index in [1.807, 2.05) is 30.3 Å². The van der Waals surface area contributed by atoms with Crippen LogP contribution >= 0.6 is 0 Å². The summed E-state index contributed by atoms with van der Waals surface area (Å²) in [4.78, 5) is 5.28. The standard InChI is InChI=1S/C16H17NO/c1-13-8-9-16(14(2)10-13)11-17-18-12-15-6-4-3-5-7-15/h3-11H,12H2,1-2H3/b17-11+. The van der Waals surface area contributed by atoms with Crippen LogP contribution in [-0.4, -0.2) is 6.21 Å². The van der Waals surface area contributed by atoms with Crippen LogP contribution in [0.1, 0.15) is 22.3 Å². The largest absolute Gasteiger partial charge is 0.391 e. The lowest BCUT2D eigenvalue weighted by Crippen LogP contribution is -1.90. The minimum Gasteiger partial charge on any atom is -0.391 e. The molecule has 2 heteroatoms. The van der Waals surface area contributed by atoms with Crippen molar-refractivity contribution < 1.29 is 4.84 Å². The fourth-order valence-corrected chi connectivity index (χ4v) is 1.75. The summed E-state index contributed by atoms with van der Waals surface area (Å²) in [5.74, 6) is 0. The number of nitrogens with zero attached hydrogens (tertiary/aromatic N) is 1. The third-order valence-corrected chi connectivity index (χ3v) is 2.77. The van der Waals surface area contributed by atoms with Crippen LogP contribution in [0.3, 0.4) is 0 Å². The molecule has 2 aromatic carbocycles. The fraction of sp³-hybridized carbons (Fsp3) is 0.188. The van der Waals surface area contributed by atoms with Gasteiger partial charge in [0.15, 0.2) is 0 Å². The smallest absolute Gasteiger partial charge is 0.142 e. The second-order valence-corrected chi connectivity index (χ2v) is 4.35. The molecule has 2 nitrogen and oxygen atoms in total. The summed E-state index contributed by atoms with van der Waals surface area (Å²) in [5, 5.41) is 4.00. The first kappa shape index (κ1) is 12.4. The van der Waals surface area contributed by atoms with Gasteiger partial charge in [0.2, 0.25) is 0 Å². The van der Waals surface area contributed by atoms with Crippen LogP contribution in [0.5, 0.6) is 0 Å². The number of rotatable bonds is 4. The van der Waals surface area contributed by atoms with Crippen LogP contribution in [0.4, 0.5) is 0 Å². The number of aryl methyl sites for hydroxylation is 2. The Kier molecular flexibility index (Phi) is 4.13. The normalized spacial score (nSPS) is 10.8. The zero-order valence-electron chi connectivity index (χ0n) is 10.8. The molecule has 0 saturated heterocycles. The van der Waals surface area contributed by atoms with Crippen molar-refractivity contribution in [2.45, 2.75) is 20.5 Å². The number of oxime groups is 1. The molecular weight excluding hydrogens is 222 g/mol. The molecule has 0 unspecified atom stereocenters. The summed E-state index contributed by atoms with van der Waals surface area (Å²) in [6, 6.07) is 16.3. The summed E-state index contributed by atoms with van der Waals surface area (Å²) in [6.07, 6.45) is 1.76. The van der Waals surface area contributed by atoms with Crippen molar-refractivity contribution in [2.24, 2.45) is 5.16 Å². The molecule has 0 heterocycles. The molecule has 0 aliphatic carbocycles. The molecule has 92 valence electrons. The highest BCUT2D eigenvalue weighted by molar-refractivity contribution is 5.81. The van der Waals surface area contributed by atoms with Crippen molar-refractivity contribution >= 4 is 6.21 Å². The Hall–Kier alpha value is -2.09. The summed E-state index contributed by atoms with van der Waals surface area (Å²) < 4.78 is 0. The SMILES string of the molecule is Cc1ccc(/C=N/OCc2ccccc2)c(C)c1. The van der Waals surface area contributed by atoms with Crippen LogP contribution in [0.25, 0.3) is 0 Å². The lowest BCUT2D eigenvalue weighted by molar-refractivity contribution is 0.132. The highest BCUT2D eigenvalue weighted by atomic mass is 16.6. The first-order valence-corrected chi connectivity index (χ1v) is 6.02. The van der Waals surface area contributed by atoms with Gasteiger partial charge in [0.25, 0.3) is 0 Å². The predicted molar refractivity (Wildman–Crippen MR) is 74.7 cm³/mol. The van der Waals surface area contributed by atoms with Gasteiger partial charge in [0.1, 0.15) is 6.61 Å². The Morgan fingerprint density at radius 1 is 1.06 bits per heavy atom. The Labute approximate surface area is 108 Å². The van der Waals surface area contributed by atoms with Crippen LogP contribution in [0.2, 0.25) is 0 Å². The molecule has 0 aromatic heterocycles. The molecule has 0 saturated carbocycles. The van der Waals surface area contributed by atoms with Gasteiger partial charge in [-0.05, 0) is 30.5 Å². The van der Waals surface area contributed by atoms with Crippen molar-refractivity contribution in [1.82, 2.24) is 0 Å². The van der Waals surface area contributed by atoms with Gasteiger partial charge in [-0.2, -0.15) is 0 Å². The van der Waals surface area contributed by atoms with Crippen LogP contribution in [-0.2, 0) is 11.4 Å². The molecule has 18 heavy (non-hydrogen) atoms. The van der Waals surface area contributed by atoms with Gasteiger partial charge >= 0.3 is 0 Å². The fourth-order valence-electron chi connectivity index (χ4n) is 1.75. The predicted octanol–water partition coefficient (Wildman–Crippen LogP) is 3.85. The van der Waals surface area contributed by atoms with Crippen LogP contribution < -0.4 is 0 Å². The Bertz CT molecular complexity index is 532. The first-order chi connectivity index (χ1) is 8.75. The second kappa shape index (κ2) is 6.01. The Morgan fingerprint density at radius 3 is 2.56 bits per heavy atom. The van der Waals surface area contributed by atoms with Gasteiger partial charge in [0, 0.05) is 0 Å². The van der Waals surface area contributed by atoms with Crippen molar-refractivity contribution in [1.29, 1.82) is 0 Å². The van der Waals surface area contributed by atoms with E-state index in [0.29, 0.717) is 6.61 Å². The first-order valence-electron chi connectivity index (χ1n) is 6.02. The molecule has 0 spiro atoms. The lowest BCUT2D eigenvalue weighted by atomic mass is 10.1. The third-order valence-electron chi connectivity index (χ3n) is 2.77. The molecule has 0 atom stereocenters. The molecule has 0 radical (unpaired) electrons. The van der Waals surface area contributed by atoms with Crippen LogP contribution in [0, 0.1) is 13.8 Å². The van der Waals surface area contributed by atoms with E-state index in [0.717, 1.165) is 11.1 Å². The Morgan fingerprint density at radius 2 is 1.83 bits per heavy atom. The van der Waals surface area contributed by atoms with Crippen molar-refractivity contribution in [3.63, 3.8) is 0 Å². The molecule has 0 aliphatic rings. The second-order valence-electron chi connectivity index (χ2n) is 4.35. The summed E-state index contributed by atoms with van der Waals surface area (Å²) in [6.45, 7) is 4.66. The quantitative estimate of drug-likeness (QED) is 0.586. The zero-order chi connectivity index (χ0) is 12.8. The van der Waals surface area contributed by atoms with Crippen molar-refractivity contribution in [3.05, 3.63) is 70.8 Å². The maximum absolute atomic E-state index is 5.28. The zero-order valence-corrected chi connectivity index (χ0v) is 10.8. The van der Waals surface area contributed by atoms with E-state index >= 15 is 0 Å². The van der Waals surface area contributed by atoms with E-state index in [9.17, 15) is 0 Å². The molecule has 0 aliphatic heterocycles. The van der Waals surface area contributed by atoms with E-state index < -0.39 is 0 Å². The summed E-state index contributed by atoms with van der Waals surface area (Å²) >= 11 is 0. The molecule has 2 aromatic rings. The molecule has 0 N–H and O–H groups in total. The van der Waals surface area contributed by atoms with E-state index in [-0.39, 0.29) is 0 Å². The van der Waals surface area contributed by atoms with Gasteiger partial charge in [0.05, 0.1) is 6.21 Å². The minimum atomic E-state index is 0.502. The molecule has 0 bridgehead atoms. The number of hydrogen-bond acceptors (Lipinski definition) is 2. The maximum Gasteiger partial charge on any atom is 0.142 e. The monoisotopic (exact) mass is 239 g/mol. The van der Waals surface area contributed by atoms with Gasteiger partial charge in [-0.25, -0.2) is 0 Å². The highest BCUT2D eigenvalue weighted by Gasteiger charge is 1.95. The average molecular weight is 239 g/mol. The minimum absolute atomic E-state index is 0.502. The average Bonchev–Trinajstić information content (AvgIpc) is 2.38. The van der Waals surface area contributed by atoms with Crippen molar-refractivity contribution in [2.75, 3.05) is 0 Å². The van der Waals surface area contributed by atoms with Crippen molar-refractivity contribution in [3.8, 4) is 0 Å². The van der Waals surface area contributed by atoms with Gasteiger partial charge in [-0.3, -0.25) is 0 Å². The van der Waals surface area contributed by atoms with Gasteiger partial charge in [-0.1, -0.05) is 59.3 Å². The highest BCUT2D eigenvalue weighted by Crippen LogP contribution is 2.08. The summed E-state index contributed by atoms with van der Waals surface area (Å²) in [7, 11) is 0. The number of benzene rings is 2. The van der Waals surface area contributed by atoms with E-state index in [2.05, 4.69) is 37.2 Å². The molecular formula is C16H17NO. The maximum atomic E-state index is 5.28. The lowest BCUT2D eigenvalue weighted by Gasteiger charge is -2.02. The summed E-state index contributed by atoms with van der Waals surface area (Å²) in [5.41, 5.74) is 4.68. The van der Waals surface area contributed by atoms with E-state index in [1.54, 1.807) is 6.21 Å². The van der Waals surface area contributed by atoms with E-state index in [1.165, 1.54) is 11.1 Å². The third kappa shape index (κ3) is 3.45. The van der Waals surface area contributed by atoms with Gasteiger partial charge in [-0.15, -0.1) is 0 Å². The molecule has 2 rings (SSSR count).